The van der Waals surface area contributed by atoms with Crippen molar-refractivity contribution in [3.05, 3.63) is 47.5 Å². The van der Waals surface area contributed by atoms with Gasteiger partial charge in [-0.15, -0.1) is 0 Å². The van der Waals surface area contributed by atoms with Crippen molar-refractivity contribution in [2.24, 2.45) is 0 Å². The summed E-state index contributed by atoms with van der Waals surface area (Å²) in [6.07, 6.45) is -0.818. The second-order valence-electron chi connectivity index (χ2n) is 11.1. The van der Waals surface area contributed by atoms with Gasteiger partial charge in [0.25, 0.3) is 5.91 Å². The van der Waals surface area contributed by atoms with Crippen molar-refractivity contribution in [1.29, 1.82) is 0 Å². The molecule has 0 saturated heterocycles. The van der Waals surface area contributed by atoms with Gasteiger partial charge in [0.2, 0.25) is 0 Å². The molecule has 4 N–H and O–H groups in total. The molecule has 0 fully saturated rings. The summed E-state index contributed by atoms with van der Waals surface area (Å²) >= 11 is 0. The van der Waals surface area contributed by atoms with Crippen molar-refractivity contribution in [3.8, 4) is 11.5 Å². The summed E-state index contributed by atoms with van der Waals surface area (Å²) in [6.45, 7) is 11.6. The van der Waals surface area contributed by atoms with E-state index in [1.807, 2.05) is 52.0 Å². The molecule has 2 heterocycles. The largest absolute Gasteiger partial charge is 0.508 e. The topological polar surface area (TPSA) is 120 Å². The summed E-state index contributed by atoms with van der Waals surface area (Å²) in [5, 5.41) is 27.2. The predicted molar refractivity (Wildman–Crippen MR) is 136 cm³/mol. The maximum Gasteiger partial charge on any atom is 0.415 e. The lowest BCUT2D eigenvalue weighted by Crippen LogP contribution is -2.48. The van der Waals surface area contributed by atoms with Crippen LogP contribution in [0, 0.1) is 0 Å². The minimum atomic E-state index is -1.11. The van der Waals surface area contributed by atoms with E-state index in [0.29, 0.717) is 30.0 Å². The van der Waals surface area contributed by atoms with Crippen molar-refractivity contribution in [2.45, 2.75) is 70.8 Å². The normalized spacial score (nSPS) is 18.9. The van der Waals surface area contributed by atoms with Crippen molar-refractivity contribution < 1.29 is 29.3 Å². The number of nitrogens with one attached hydrogen (secondary N) is 2. The third kappa shape index (κ3) is 4.99. The van der Waals surface area contributed by atoms with Gasteiger partial charge in [0.05, 0.1) is 17.5 Å². The lowest BCUT2D eigenvalue weighted by atomic mass is 9.93. The Morgan fingerprint density at radius 2 is 1.78 bits per heavy atom. The average Bonchev–Trinajstić information content (AvgIpc) is 2.77. The van der Waals surface area contributed by atoms with E-state index in [1.54, 1.807) is 18.7 Å². The Kier molecular flexibility index (Phi) is 6.43. The number of β-amino-alcohol motifs (C(OH)–C–C–N with tert-alkyl or cyclic N) is 1. The average molecular weight is 498 g/mol. The number of aliphatic hydroxyl groups excluding tert-OH is 1. The zero-order valence-electron chi connectivity index (χ0n) is 21.6. The molecule has 4 rings (SSSR count). The molecule has 2 aromatic rings. The highest BCUT2D eigenvalue weighted by Crippen LogP contribution is 2.42. The van der Waals surface area contributed by atoms with E-state index in [4.69, 9.17) is 9.47 Å². The van der Waals surface area contributed by atoms with Crippen LogP contribution in [-0.4, -0.2) is 46.4 Å². The second kappa shape index (κ2) is 8.97. The van der Waals surface area contributed by atoms with Crippen molar-refractivity contribution >= 4 is 23.4 Å². The molecule has 2 aliphatic rings. The van der Waals surface area contributed by atoms with Crippen LogP contribution in [-0.2, 0) is 15.1 Å². The number of benzene rings is 2. The first kappa shape index (κ1) is 25.8. The van der Waals surface area contributed by atoms with Gasteiger partial charge in [0, 0.05) is 35.8 Å². The number of carbonyl (C=O) groups is 2. The first-order chi connectivity index (χ1) is 16.7. The number of cyclic esters (lactones) is 1. The molecule has 2 amide bonds. The molecular weight excluding hydrogens is 462 g/mol. The van der Waals surface area contributed by atoms with Gasteiger partial charge >= 0.3 is 6.09 Å². The number of amides is 2. The zero-order valence-corrected chi connectivity index (χ0v) is 21.6. The van der Waals surface area contributed by atoms with Crippen LogP contribution in [0.3, 0.4) is 0 Å². The maximum atomic E-state index is 12.8. The van der Waals surface area contributed by atoms with Crippen LogP contribution in [0.25, 0.3) is 0 Å². The number of nitrogens with zero attached hydrogens (tertiary/aromatic N) is 1. The lowest BCUT2D eigenvalue weighted by molar-refractivity contribution is -0.129. The van der Waals surface area contributed by atoms with E-state index in [2.05, 4.69) is 10.6 Å². The minimum absolute atomic E-state index is 0.0872. The number of phenolic OH excluding ortho intramolecular Hbond substituents is 1. The van der Waals surface area contributed by atoms with Gasteiger partial charge in [-0.2, -0.15) is 0 Å². The van der Waals surface area contributed by atoms with E-state index in [1.165, 1.54) is 12.1 Å². The molecule has 1 atom stereocenters. The second-order valence-corrected chi connectivity index (χ2v) is 11.1. The number of rotatable bonds is 7. The smallest absolute Gasteiger partial charge is 0.415 e. The van der Waals surface area contributed by atoms with Gasteiger partial charge in [0.1, 0.15) is 11.4 Å². The Morgan fingerprint density at radius 3 is 2.50 bits per heavy atom. The molecule has 1 unspecified atom stereocenters. The Labute approximate surface area is 211 Å². The standard InChI is InChI=1S/C27H35N3O6/c1-25(2,11-12-30-20-10-8-7-9-18(20)26(3,4)36-24(30)34)28-15-21(32)17-13-16(31)14-19-22(17)35-27(5,6)23(33)29-19/h7-10,13-14,21,28,31-32H,11-12,15H2,1-6H3,(H,29,33). The minimum Gasteiger partial charge on any atom is -0.508 e. The fraction of sp³-hybridized carbons (Fsp3) is 0.481. The number of hydrogen-bond donors (Lipinski definition) is 4. The quantitative estimate of drug-likeness (QED) is 0.453. The van der Waals surface area contributed by atoms with Gasteiger partial charge in [-0.05, 0) is 60.1 Å². The highest BCUT2D eigenvalue weighted by molar-refractivity contribution is 6.00. The van der Waals surface area contributed by atoms with E-state index >= 15 is 0 Å². The molecule has 0 radical (unpaired) electrons. The summed E-state index contributed by atoms with van der Waals surface area (Å²) in [5.41, 5.74) is 0.221. The van der Waals surface area contributed by atoms with Crippen molar-refractivity contribution in [1.82, 2.24) is 5.32 Å². The Bertz CT molecular complexity index is 1190. The molecule has 9 nitrogen and oxygen atoms in total. The predicted octanol–water partition coefficient (Wildman–Crippen LogP) is 4.19. The number of fused-ring (bicyclic) bond motifs is 2. The Balaban J connectivity index is 1.45. The van der Waals surface area contributed by atoms with Crippen molar-refractivity contribution in [2.75, 3.05) is 23.3 Å². The van der Waals surface area contributed by atoms with Crippen LogP contribution in [0.2, 0.25) is 0 Å². The summed E-state index contributed by atoms with van der Waals surface area (Å²) in [4.78, 5) is 26.6. The fourth-order valence-electron chi connectivity index (χ4n) is 4.48. The van der Waals surface area contributed by atoms with Crippen molar-refractivity contribution in [3.63, 3.8) is 0 Å². The summed E-state index contributed by atoms with van der Waals surface area (Å²) in [7, 11) is 0. The number of phenols is 1. The molecule has 0 aromatic heterocycles. The van der Waals surface area contributed by atoms with E-state index < -0.39 is 22.8 Å². The summed E-state index contributed by atoms with van der Waals surface area (Å²) in [6, 6.07) is 10.6. The Morgan fingerprint density at radius 1 is 1.08 bits per heavy atom. The van der Waals surface area contributed by atoms with Gasteiger partial charge < -0.3 is 30.3 Å². The molecule has 9 heteroatoms. The summed E-state index contributed by atoms with van der Waals surface area (Å²) in [5.74, 6) is -0.0860. The highest BCUT2D eigenvalue weighted by Gasteiger charge is 2.39. The van der Waals surface area contributed by atoms with Gasteiger partial charge in [0.15, 0.2) is 11.4 Å². The molecule has 0 saturated carbocycles. The molecule has 0 spiro atoms. The van der Waals surface area contributed by atoms with E-state index in [9.17, 15) is 19.8 Å². The van der Waals surface area contributed by atoms with Gasteiger partial charge in [-0.1, -0.05) is 18.2 Å². The van der Waals surface area contributed by atoms with E-state index in [-0.39, 0.29) is 24.3 Å². The number of aliphatic hydroxyl groups is 1. The number of aromatic hydroxyl groups is 1. The van der Waals surface area contributed by atoms with Crippen LogP contribution in [0.4, 0.5) is 16.2 Å². The van der Waals surface area contributed by atoms with Gasteiger partial charge in [-0.3, -0.25) is 9.69 Å². The summed E-state index contributed by atoms with van der Waals surface area (Å²) < 4.78 is 11.6. The fourth-order valence-corrected chi connectivity index (χ4v) is 4.48. The number of anilines is 2. The molecule has 0 bridgehead atoms. The van der Waals surface area contributed by atoms with Crippen LogP contribution in [0.5, 0.6) is 11.5 Å². The number of ether oxygens (including phenoxy) is 2. The first-order valence-electron chi connectivity index (χ1n) is 12.1. The monoisotopic (exact) mass is 497 g/mol. The Hall–Kier alpha value is -3.30. The van der Waals surface area contributed by atoms with Crippen LogP contribution < -0.4 is 20.3 Å². The molecular formula is C27H35N3O6. The van der Waals surface area contributed by atoms with Crippen LogP contribution >= 0.6 is 0 Å². The van der Waals surface area contributed by atoms with Crippen LogP contribution in [0.1, 0.15) is 65.2 Å². The third-order valence-electron chi connectivity index (χ3n) is 6.75. The number of carbonyl (C=O) groups excluding carboxylic acids is 2. The zero-order chi connectivity index (χ0) is 26.5. The maximum absolute atomic E-state index is 12.8. The van der Waals surface area contributed by atoms with Gasteiger partial charge in [-0.25, -0.2) is 4.79 Å². The number of hydrogen-bond acceptors (Lipinski definition) is 7. The van der Waals surface area contributed by atoms with E-state index in [0.717, 1.165) is 11.3 Å². The highest BCUT2D eigenvalue weighted by atomic mass is 16.6. The molecule has 2 aromatic carbocycles. The molecule has 0 aliphatic carbocycles. The molecule has 2 aliphatic heterocycles. The molecule has 36 heavy (non-hydrogen) atoms. The SMILES string of the molecule is CC(C)(CCN1C(=O)OC(C)(C)c2ccccc21)NCC(O)c1cc(O)cc2c1OC(C)(C)C(=O)N2. The first-order valence-corrected chi connectivity index (χ1v) is 12.1. The lowest BCUT2D eigenvalue weighted by Gasteiger charge is -2.39. The third-order valence-corrected chi connectivity index (χ3v) is 6.75. The van der Waals surface area contributed by atoms with Crippen LogP contribution in [0.15, 0.2) is 36.4 Å². The molecule has 194 valence electrons. The number of para-hydroxylation sites is 1.